The van der Waals surface area contributed by atoms with Crippen molar-refractivity contribution in [3.63, 3.8) is 0 Å². The lowest BCUT2D eigenvalue weighted by atomic mass is 9.87. The summed E-state index contributed by atoms with van der Waals surface area (Å²) in [7, 11) is 0. The van der Waals surface area contributed by atoms with Crippen LogP contribution in [0, 0.1) is 0 Å². The van der Waals surface area contributed by atoms with Gasteiger partial charge in [0.2, 0.25) is 0 Å². The molecule has 0 aliphatic carbocycles. The van der Waals surface area contributed by atoms with Crippen molar-refractivity contribution in [3.8, 4) is 22.3 Å². The third-order valence-corrected chi connectivity index (χ3v) is 8.81. The van der Waals surface area contributed by atoms with Crippen LogP contribution >= 0.6 is 11.3 Å². The largest absolute Gasteiger partial charge is 0.135 e. The summed E-state index contributed by atoms with van der Waals surface area (Å²) in [6.07, 6.45) is 0. The molecule has 0 aliphatic rings. The Balaban J connectivity index is 1.49. The molecule has 0 aliphatic heterocycles. The standard InChI is InChI=1S/C36H22S/c1-2-10-23(11-3-1)30-21-32-28-15-7-5-13-26(28)31(22-33(32)27-14-6-4-12-25(27)30)24-18-19-36-34(20-24)29-16-8-9-17-35(29)37-36/h1-22H. The molecule has 8 rings (SSSR count). The van der Waals surface area contributed by atoms with Crippen molar-refractivity contribution >= 4 is 63.8 Å². The SMILES string of the molecule is c1ccc(-c2cc3c4ccccc4c(-c4ccc5sc6ccccc6c5c4)cc3c3ccccc23)cc1. The van der Waals surface area contributed by atoms with Gasteiger partial charge in [0.25, 0.3) is 0 Å². The maximum Gasteiger partial charge on any atom is 0.0355 e. The van der Waals surface area contributed by atoms with Gasteiger partial charge in [-0.25, -0.2) is 0 Å². The van der Waals surface area contributed by atoms with Gasteiger partial charge in [0.15, 0.2) is 0 Å². The molecule has 172 valence electrons. The van der Waals surface area contributed by atoms with Gasteiger partial charge in [-0.1, -0.05) is 103 Å². The average Bonchev–Trinajstić information content (AvgIpc) is 3.35. The summed E-state index contributed by atoms with van der Waals surface area (Å²) in [6.45, 7) is 0. The van der Waals surface area contributed by atoms with Crippen molar-refractivity contribution in [3.05, 3.63) is 133 Å². The van der Waals surface area contributed by atoms with Crippen LogP contribution in [0.1, 0.15) is 0 Å². The highest BCUT2D eigenvalue weighted by molar-refractivity contribution is 7.25. The van der Waals surface area contributed by atoms with Gasteiger partial charge in [0.05, 0.1) is 0 Å². The lowest BCUT2D eigenvalue weighted by Gasteiger charge is -2.16. The lowest BCUT2D eigenvalue weighted by Crippen LogP contribution is -1.89. The molecule has 0 saturated carbocycles. The highest BCUT2D eigenvalue weighted by Crippen LogP contribution is 2.43. The van der Waals surface area contributed by atoms with Gasteiger partial charge < -0.3 is 0 Å². The van der Waals surface area contributed by atoms with Gasteiger partial charge in [0.1, 0.15) is 0 Å². The van der Waals surface area contributed by atoms with E-state index in [4.69, 9.17) is 0 Å². The molecule has 1 heteroatoms. The second-order valence-electron chi connectivity index (χ2n) is 9.71. The molecule has 0 unspecified atom stereocenters. The molecule has 0 atom stereocenters. The Morgan fingerprint density at radius 3 is 1.49 bits per heavy atom. The van der Waals surface area contributed by atoms with Gasteiger partial charge in [0, 0.05) is 20.2 Å². The fraction of sp³-hybridized carbons (Fsp3) is 0. The smallest absolute Gasteiger partial charge is 0.0355 e. The van der Waals surface area contributed by atoms with E-state index in [1.54, 1.807) is 0 Å². The second kappa shape index (κ2) is 8.03. The molecule has 37 heavy (non-hydrogen) atoms. The minimum Gasteiger partial charge on any atom is -0.135 e. The summed E-state index contributed by atoms with van der Waals surface area (Å²) in [5, 5.41) is 10.5. The zero-order valence-electron chi connectivity index (χ0n) is 20.1. The van der Waals surface area contributed by atoms with E-state index in [9.17, 15) is 0 Å². The van der Waals surface area contributed by atoms with Crippen LogP contribution in [-0.4, -0.2) is 0 Å². The normalized spacial score (nSPS) is 11.8. The fourth-order valence-corrected chi connectivity index (χ4v) is 7.03. The molecule has 7 aromatic carbocycles. The van der Waals surface area contributed by atoms with Gasteiger partial charge in [-0.05, 0) is 84.9 Å². The molecule has 1 aromatic heterocycles. The molecule has 0 fully saturated rings. The topological polar surface area (TPSA) is 0 Å². The fourth-order valence-electron chi connectivity index (χ4n) is 5.94. The second-order valence-corrected chi connectivity index (χ2v) is 10.8. The Bertz CT molecular complexity index is 2130. The summed E-state index contributed by atoms with van der Waals surface area (Å²) in [6, 6.07) is 49.0. The minimum atomic E-state index is 1.25. The van der Waals surface area contributed by atoms with Crippen molar-refractivity contribution < 1.29 is 0 Å². The summed E-state index contributed by atoms with van der Waals surface area (Å²) in [5.41, 5.74) is 5.10. The van der Waals surface area contributed by atoms with E-state index >= 15 is 0 Å². The molecule has 0 nitrogen and oxygen atoms in total. The lowest BCUT2D eigenvalue weighted by molar-refractivity contribution is 1.67. The molecule has 0 amide bonds. The summed E-state index contributed by atoms with van der Waals surface area (Å²) >= 11 is 1.87. The number of hydrogen-bond acceptors (Lipinski definition) is 1. The zero-order chi connectivity index (χ0) is 24.3. The first-order chi connectivity index (χ1) is 18.3. The van der Waals surface area contributed by atoms with Crippen molar-refractivity contribution in [2.75, 3.05) is 0 Å². The first kappa shape index (κ1) is 20.7. The van der Waals surface area contributed by atoms with Crippen molar-refractivity contribution in [1.82, 2.24) is 0 Å². The Kier molecular flexibility index (Phi) is 4.49. The predicted molar refractivity (Wildman–Crippen MR) is 163 cm³/mol. The van der Waals surface area contributed by atoms with Crippen LogP contribution in [0.4, 0.5) is 0 Å². The number of rotatable bonds is 2. The summed E-state index contributed by atoms with van der Waals surface area (Å²) in [4.78, 5) is 0. The van der Waals surface area contributed by atoms with E-state index in [1.807, 2.05) is 11.3 Å². The van der Waals surface area contributed by atoms with Crippen molar-refractivity contribution in [2.24, 2.45) is 0 Å². The van der Waals surface area contributed by atoms with E-state index < -0.39 is 0 Å². The molecule has 1 heterocycles. The maximum absolute atomic E-state index is 2.42. The number of hydrogen-bond donors (Lipinski definition) is 0. The quantitative estimate of drug-likeness (QED) is 0.213. The molecule has 8 aromatic rings. The van der Waals surface area contributed by atoms with Crippen LogP contribution in [0.15, 0.2) is 133 Å². The highest BCUT2D eigenvalue weighted by Gasteiger charge is 2.15. The Hall–Kier alpha value is -4.46. The first-order valence-electron chi connectivity index (χ1n) is 12.7. The van der Waals surface area contributed by atoms with Crippen LogP contribution in [0.25, 0.3) is 74.7 Å². The predicted octanol–water partition coefficient (Wildman–Crippen LogP) is 10.8. The van der Waals surface area contributed by atoms with Gasteiger partial charge in [-0.2, -0.15) is 0 Å². The van der Waals surface area contributed by atoms with Crippen LogP contribution < -0.4 is 0 Å². The van der Waals surface area contributed by atoms with Crippen LogP contribution in [0.5, 0.6) is 0 Å². The third kappa shape index (κ3) is 3.15. The number of benzene rings is 7. The molecule has 0 saturated heterocycles. The van der Waals surface area contributed by atoms with E-state index in [0.29, 0.717) is 0 Å². The molecular weight excluding hydrogens is 464 g/mol. The Morgan fingerprint density at radius 1 is 0.297 bits per heavy atom. The summed E-state index contributed by atoms with van der Waals surface area (Å²) in [5.74, 6) is 0. The van der Waals surface area contributed by atoms with Crippen LogP contribution in [-0.2, 0) is 0 Å². The van der Waals surface area contributed by atoms with Crippen LogP contribution in [0.2, 0.25) is 0 Å². The summed E-state index contributed by atoms with van der Waals surface area (Å²) < 4.78 is 2.69. The molecule has 0 spiro atoms. The number of fused-ring (bicyclic) bond motifs is 8. The number of thiophene rings is 1. The van der Waals surface area contributed by atoms with Crippen LogP contribution in [0.3, 0.4) is 0 Å². The highest BCUT2D eigenvalue weighted by atomic mass is 32.1. The molecule has 0 N–H and O–H groups in total. The first-order valence-corrected chi connectivity index (χ1v) is 13.5. The Morgan fingerprint density at radius 2 is 0.811 bits per heavy atom. The van der Waals surface area contributed by atoms with Gasteiger partial charge >= 0.3 is 0 Å². The van der Waals surface area contributed by atoms with E-state index in [0.717, 1.165) is 0 Å². The molecule has 0 bridgehead atoms. The maximum atomic E-state index is 2.42. The average molecular weight is 487 g/mol. The van der Waals surface area contributed by atoms with E-state index in [1.165, 1.54) is 74.7 Å². The zero-order valence-corrected chi connectivity index (χ0v) is 20.9. The molecular formula is C36H22S. The van der Waals surface area contributed by atoms with Gasteiger partial charge in [-0.15, -0.1) is 11.3 Å². The van der Waals surface area contributed by atoms with Crippen molar-refractivity contribution in [2.45, 2.75) is 0 Å². The minimum absolute atomic E-state index is 1.25. The Labute approximate surface area is 219 Å². The third-order valence-electron chi connectivity index (χ3n) is 7.65. The monoisotopic (exact) mass is 486 g/mol. The van der Waals surface area contributed by atoms with Gasteiger partial charge in [-0.3, -0.25) is 0 Å². The van der Waals surface area contributed by atoms with E-state index in [-0.39, 0.29) is 0 Å². The van der Waals surface area contributed by atoms with Crippen molar-refractivity contribution in [1.29, 1.82) is 0 Å². The molecule has 0 radical (unpaired) electrons. The van der Waals surface area contributed by atoms with E-state index in [2.05, 4.69) is 133 Å².